The number of amides is 1. The maximum atomic E-state index is 12.0. The molecule has 0 saturated heterocycles. The predicted molar refractivity (Wildman–Crippen MR) is 150 cm³/mol. The number of fused-ring (bicyclic) bond motifs is 1. The summed E-state index contributed by atoms with van der Waals surface area (Å²) in [6, 6.07) is 21.7. The highest BCUT2D eigenvalue weighted by molar-refractivity contribution is 6.01. The van der Waals surface area contributed by atoms with Gasteiger partial charge in [0.2, 0.25) is 5.91 Å². The molecule has 37 heavy (non-hydrogen) atoms. The molecule has 8 nitrogen and oxygen atoms in total. The monoisotopic (exact) mass is 497 g/mol. The Morgan fingerprint density at radius 2 is 1.68 bits per heavy atom. The Morgan fingerprint density at radius 3 is 2.32 bits per heavy atom. The van der Waals surface area contributed by atoms with E-state index in [0.717, 1.165) is 11.1 Å². The average Bonchev–Trinajstić information content (AvgIpc) is 3.27. The summed E-state index contributed by atoms with van der Waals surface area (Å²) in [5.41, 5.74) is 9.16. The first kappa shape index (κ1) is 27.3. The minimum atomic E-state index is -1.02. The number of amidine groups is 2. The topological polar surface area (TPSA) is 135 Å². The molecular weight excluding hydrogens is 462 g/mol. The zero-order valence-corrected chi connectivity index (χ0v) is 21.6. The van der Waals surface area contributed by atoms with Crippen LogP contribution in [-0.2, 0) is 17.8 Å². The van der Waals surface area contributed by atoms with Crippen molar-refractivity contribution in [3.8, 4) is 0 Å². The molecule has 192 valence electrons. The largest absolute Gasteiger partial charge is 0.361 e. The van der Waals surface area contributed by atoms with Crippen LogP contribution in [0.25, 0.3) is 10.9 Å². The minimum Gasteiger partial charge on any atom is -0.361 e. The molecule has 0 aliphatic carbocycles. The number of hydrogen-bond acceptors (Lipinski definition) is 5. The first-order valence-corrected chi connectivity index (χ1v) is 12.1. The van der Waals surface area contributed by atoms with Crippen LogP contribution in [0, 0.1) is 17.7 Å². The van der Waals surface area contributed by atoms with E-state index >= 15 is 0 Å². The number of nitrogens with one attached hydrogen (secondary N) is 4. The Labute approximate surface area is 217 Å². The first-order chi connectivity index (χ1) is 17.6. The number of aromatic nitrogens is 2. The van der Waals surface area contributed by atoms with E-state index in [1.165, 1.54) is 16.5 Å². The van der Waals surface area contributed by atoms with Gasteiger partial charge in [-0.05, 0) is 49.6 Å². The first-order valence-electron chi connectivity index (χ1n) is 12.1. The highest BCUT2D eigenvalue weighted by Gasteiger charge is 2.23. The van der Waals surface area contributed by atoms with Gasteiger partial charge < -0.3 is 20.9 Å². The van der Waals surface area contributed by atoms with Crippen LogP contribution in [0.5, 0.6) is 0 Å². The number of benzene rings is 2. The molecule has 0 fully saturated rings. The number of rotatable bonds is 7. The van der Waals surface area contributed by atoms with Crippen molar-refractivity contribution in [2.45, 2.75) is 39.3 Å². The van der Waals surface area contributed by atoms with Crippen molar-refractivity contribution < 1.29 is 4.79 Å². The number of carbonyl (C=O) groups is 1. The molecule has 0 aliphatic heterocycles. The summed E-state index contributed by atoms with van der Waals surface area (Å²) in [4.78, 5) is 20.9. The molecule has 0 bridgehead atoms. The predicted octanol–water partition coefficient (Wildman–Crippen LogP) is 4.41. The molecule has 0 saturated carbocycles. The molecule has 0 spiro atoms. The van der Waals surface area contributed by atoms with E-state index in [-0.39, 0.29) is 24.1 Å². The quantitative estimate of drug-likeness (QED) is 0.191. The molecule has 0 radical (unpaired) electrons. The smallest absolute Gasteiger partial charge is 0.239 e. The van der Waals surface area contributed by atoms with Crippen LogP contribution in [0.1, 0.15) is 30.5 Å². The summed E-state index contributed by atoms with van der Waals surface area (Å²) in [5, 5.41) is 20.9. The van der Waals surface area contributed by atoms with Crippen LogP contribution < -0.4 is 11.1 Å². The molecule has 1 amide bonds. The molecule has 0 unspecified atom stereocenters. The Kier molecular flexibility index (Phi) is 9.29. The third kappa shape index (κ3) is 8.12. The fourth-order valence-electron chi connectivity index (χ4n) is 3.62. The number of aryl methyl sites for hydroxylation is 1. The van der Waals surface area contributed by atoms with Crippen LogP contribution in [0.4, 0.5) is 0 Å². The number of H-pyrrole nitrogens is 1. The van der Waals surface area contributed by atoms with E-state index in [1.54, 1.807) is 31.1 Å². The van der Waals surface area contributed by atoms with Crippen molar-refractivity contribution in [3.05, 3.63) is 102 Å². The lowest BCUT2D eigenvalue weighted by atomic mass is 10.1. The van der Waals surface area contributed by atoms with Gasteiger partial charge in [-0.25, -0.2) is 0 Å². The maximum absolute atomic E-state index is 12.0. The number of nitrogens with zero attached hydrogens (tertiary/aromatic N) is 2. The number of carbonyl (C=O) groups excluding carboxylic acids is 1. The molecule has 2 aromatic carbocycles. The Bertz CT molecular complexity index is 1320. The van der Waals surface area contributed by atoms with E-state index in [0.29, 0.717) is 13.0 Å². The van der Waals surface area contributed by atoms with Crippen molar-refractivity contribution in [1.29, 1.82) is 10.8 Å². The van der Waals surface area contributed by atoms with Gasteiger partial charge in [-0.2, -0.15) is 0 Å². The standard InChI is InChI=1S/C20H26N6O.C9H9N/c1-20(2,23)19(27)25-13-18(22)26(14-16-9-6-10-24-12-16)17(21)11-15-7-4-3-5-8-15;1-7-6-10-9-5-3-2-4-8(7)9/h3-10,12,21-22H,11,13-14,23H2,1-2H3,(H,25,27);2-6,10H,1H3. The third-order valence-electron chi connectivity index (χ3n) is 5.73. The van der Waals surface area contributed by atoms with E-state index in [2.05, 4.69) is 40.4 Å². The van der Waals surface area contributed by atoms with Crippen LogP contribution in [0.3, 0.4) is 0 Å². The van der Waals surface area contributed by atoms with Crippen molar-refractivity contribution in [2.24, 2.45) is 5.73 Å². The SMILES string of the molecule is CC(C)(N)C(=O)NCC(=N)N(Cc1cccnc1)C(=N)Cc1ccccc1.Cc1c[nH]c2ccccc12. The van der Waals surface area contributed by atoms with Gasteiger partial charge in [-0.15, -0.1) is 0 Å². The van der Waals surface area contributed by atoms with E-state index in [4.69, 9.17) is 16.6 Å². The fourth-order valence-corrected chi connectivity index (χ4v) is 3.62. The Balaban J connectivity index is 0.000000313. The van der Waals surface area contributed by atoms with E-state index in [9.17, 15) is 4.79 Å². The lowest BCUT2D eigenvalue weighted by Crippen LogP contribution is -2.52. The average molecular weight is 498 g/mol. The second kappa shape index (κ2) is 12.6. The van der Waals surface area contributed by atoms with Gasteiger partial charge in [0.25, 0.3) is 0 Å². The summed E-state index contributed by atoms with van der Waals surface area (Å²) in [6.45, 7) is 5.66. The van der Waals surface area contributed by atoms with Crippen molar-refractivity contribution >= 4 is 28.5 Å². The molecule has 6 N–H and O–H groups in total. The maximum Gasteiger partial charge on any atom is 0.239 e. The zero-order chi connectivity index (χ0) is 26.8. The second-order valence-electron chi connectivity index (χ2n) is 9.42. The molecule has 0 atom stereocenters. The summed E-state index contributed by atoms with van der Waals surface area (Å²) < 4.78 is 0. The molecule has 2 heterocycles. The van der Waals surface area contributed by atoms with Gasteiger partial charge in [-0.3, -0.25) is 20.6 Å². The van der Waals surface area contributed by atoms with Gasteiger partial charge in [0, 0.05) is 35.9 Å². The summed E-state index contributed by atoms with van der Waals surface area (Å²) in [5.74, 6) is 0.0527. The summed E-state index contributed by atoms with van der Waals surface area (Å²) in [7, 11) is 0. The van der Waals surface area contributed by atoms with Crippen molar-refractivity contribution in [1.82, 2.24) is 20.2 Å². The molecule has 2 aromatic heterocycles. The van der Waals surface area contributed by atoms with Crippen LogP contribution in [0.15, 0.2) is 85.3 Å². The second-order valence-corrected chi connectivity index (χ2v) is 9.42. The number of para-hydroxylation sites is 1. The molecule has 4 aromatic rings. The van der Waals surface area contributed by atoms with Gasteiger partial charge in [0.05, 0.1) is 18.6 Å². The molecule has 4 rings (SSSR count). The normalized spacial score (nSPS) is 10.8. The van der Waals surface area contributed by atoms with Gasteiger partial charge in [0.15, 0.2) is 0 Å². The number of aromatic amines is 1. The number of hydrogen-bond donors (Lipinski definition) is 5. The highest BCUT2D eigenvalue weighted by atomic mass is 16.2. The van der Waals surface area contributed by atoms with Crippen LogP contribution in [0.2, 0.25) is 0 Å². The van der Waals surface area contributed by atoms with E-state index < -0.39 is 5.54 Å². The minimum absolute atomic E-state index is 0.00308. The number of nitrogens with two attached hydrogens (primary N) is 1. The van der Waals surface area contributed by atoms with Gasteiger partial charge in [-0.1, -0.05) is 54.6 Å². The summed E-state index contributed by atoms with van der Waals surface area (Å²) >= 11 is 0. The highest BCUT2D eigenvalue weighted by Crippen LogP contribution is 2.15. The Morgan fingerprint density at radius 1 is 1.00 bits per heavy atom. The Hall–Kier alpha value is -4.30. The van der Waals surface area contributed by atoms with Gasteiger partial charge >= 0.3 is 0 Å². The fraction of sp³-hybridized carbons (Fsp3) is 0.241. The molecule has 8 heteroatoms. The lowest BCUT2D eigenvalue weighted by Gasteiger charge is -2.27. The molecular formula is C29H35N7O. The zero-order valence-electron chi connectivity index (χ0n) is 21.6. The van der Waals surface area contributed by atoms with Crippen molar-refractivity contribution in [3.63, 3.8) is 0 Å². The number of pyridine rings is 1. The third-order valence-corrected chi connectivity index (χ3v) is 5.73. The van der Waals surface area contributed by atoms with Crippen molar-refractivity contribution in [2.75, 3.05) is 6.54 Å². The van der Waals surface area contributed by atoms with Gasteiger partial charge in [0.1, 0.15) is 11.7 Å². The summed E-state index contributed by atoms with van der Waals surface area (Å²) in [6.07, 6.45) is 5.81. The van der Waals surface area contributed by atoms with Crippen LogP contribution >= 0.6 is 0 Å². The lowest BCUT2D eigenvalue weighted by molar-refractivity contribution is -0.124. The van der Waals surface area contributed by atoms with E-state index in [1.807, 2.05) is 54.7 Å². The molecule has 0 aliphatic rings. The van der Waals surface area contributed by atoms with Crippen LogP contribution in [-0.4, -0.2) is 44.5 Å².